The molecule has 1 fully saturated rings. The van der Waals surface area contributed by atoms with Crippen LogP contribution in [0.1, 0.15) is 25.8 Å². The first-order valence-corrected chi connectivity index (χ1v) is 8.91. The number of benzene rings is 1. The highest BCUT2D eigenvalue weighted by Crippen LogP contribution is 2.35. The number of rotatable bonds is 5. The fourth-order valence-corrected chi connectivity index (χ4v) is 4.43. The molecule has 0 spiro atoms. The minimum Gasteiger partial charge on any atom is -0.462 e. The largest absolute Gasteiger partial charge is 0.462 e. The number of esters is 1. The molecule has 2 heterocycles. The first-order valence-electron chi connectivity index (χ1n) is 7.21. The van der Waals surface area contributed by atoms with Crippen molar-refractivity contribution in [3.05, 3.63) is 29.8 Å². The molecular formula is C15H17N3O2S2. The first kappa shape index (κ1) is 15.3. The van der Waals surface area contributed by atoms with E-state index < -0.39 is 0 Å². The summed E-state index contributed by atoms with van der Waals surface area (Å²) in [4.78, 5) is 11.7. The number of carbonyl (C=O) groups excluding carboxylic acids is 1. The SMILES string of the molecule is CCc1ccccc1Nc1nnc(S[C@H]2C[C@@H](C)OC2=O)s1. The van der Waals surface area contributed by atoms with Crippen molar-refractivity contribution >= 4 is 39.9 Å². The van der Waals surface area contributed by atoms with Gasteiger partial charge < -0.3 is 10.1 Å². The zero-order valence-corrected chi connectivity index (χ0v) is 14.0. The van der Waals surface area contributed by atoms with Crippen LogP contribution in [0, 0.1) is 0 Å². The predicted molar refractivity (Wildman–Crippen MR) is 88.8 cm³/mol. The van der Waals surface area contributed by atoms with Crippen molar-refractivity contribution in [2.45, 2.75) is 42.4 Å². The van der Waals surface area contributed by atoms with E-state index in [2.05, 4.69) is 28.5 Å². The number of nitrogens with zero attached hydrogens (tertiary/aromatic N) is 2. The van der Waals surface area contributed by atoms with E-state index in [0.717, 1.165) is 28.0 Å². The summed E-state index contributed by atoms with van der Waals surface area (Å²) < 4.78 is 5.94. The summed E-state index contributed by atoms with van der Waals surface area (Å²) in [6, 6.07) is 8.14. The molecule has 1 aromatic carbocycles. The summed E-state index contributed by atoms with van der Waals surface area (Å²) in [7, 11) is 0. The predicted octanol–water partition coefficient (Wildman–Crippen LogP) is 3.64. The fourth-order valence-electron chi connectivity index (χ4n) is 2.31. The number of thioether (sulfide) groups is 1. The van der Waals surface area contributed by atoms with Crippen molar-refractivity contribution in [3.63, 3.8) is 0 Å². The summed E-state index contributed by atoms with van der Waals surface area (Å²) in [5.74, 6) is -0.154. The topological polar surface area (TPSA) is 64.1 Å². The highest BCUT2D eigenvalue weighted by Gasteiger charge is 2.33. The molecular weight excluding hydrogens is 318 g/mol. The number of nitrogens with one attached hydrogen (secondary N) is 1. The van der Waals surface area contributed by atoms with Crippen LogP contribution < -0.4 is 5.32 Å². The molecule has 0 radical (unpaired) electrons. The number of carbonyl (C=O) groups is 1. The van der Waals surface area contributed by atoms with Gasteiger partial charge in [0.15, 0.2) is 4.34 Å². The number of ether oxygens (including phenoxy) is 1. The lowest BCUT2D eigenvalue weighted by Gasteiger charge is -2.07. The van der Waals surface area contributed by atoms with Gasteiger partial charge in [-0.1, -0.05) is 48.2 Å². The molecule has 0 bridgehead atoms. The smallest absolute Gasteiger partial charge is 0.319 e. The Hall–Kier alpha value is -1.60. The molecule has 7 heteroatoms. The van der Waals surface area contributed by atoms with Crippen LogP contribution in [-0.4, -0.2) is 27.5 Å². The van der Waals surface area contributed by atoms with E-state index in [1.165, 1.54) is 28.7 Å². The second-order valence-electron chi connectivity index (χ2n) is 5.10. The molecule has 1 aromatic heterocycles. The summed E-state index contributed by atoms with van der Waals surface area (Å²) in [6.07, 6.45) is 1.67. The fraction of sp³-hybridized carbons (Fsp3) is 0.400. The monoisotopic (exact) mass is 335 g/mol. The molecule has 1 aliphatic heterocycles. The lowest BCUT2D eigenvalue weighted by atomic mass is 10.1. The van der Waals surface area contributed by atoms with Crippen LogP contribution in [0.25, 0.3) is 0 Å². The van der Waals surface area contributed by atoms with Gasteiger partial charge in [-0.15, -0.1) is 10.2 Å². The summed E-state index contributed by atoms with van der Waals surface area (Å²) >= 11 is 2.89. The van der Waals surface area contributed by atoms with E-state index >= 15 is 0 Å². The maximum absolute atomic E-state index is 11.7. The van der Waals surface area contributed by atoms with Crippen LogP contribution in [-0.2, 0) is 16.0 Å². The number of para-hydroxylation sites is 1. The van der Waals surface area contributed by atoms with Gasteiger partial charge in [0.05, 0.1) is 0 Å². The molecule has 0 aliphatic carbocycles. The van der Waals surface area contributed by atoms with Crippen molar-refractivity contribution < 1.29 is 9.53 Å². The second-order valence-corrected chi connectivity index (χ2v) is 7.53. The molecule has 1 N–H and O–H groups in total. The van der Waals surface area contributed by atoms with Crippen LogP contribution in [0.5, 0.6) is 0 Å². The quantitative estimate of drug-likeness (QED) is 0.842. The van der Waals surface area contributed by atoms with Crippen LogP contribution in [0.2, 0.25) is 0 Å². The number of anilines is 2. The lowest BCUT2D eigenvalue weighted by Crippen LogP contribution is -2.08. The second kappa shape index (κ2) is 6.66. The van der Waals surface area contributed by atoms with E-state index in [9.17, 15) is 4.79 Å². The summed E-state index contributed by atoms with van der Waals surface area (Å²) in [5, 5.41) is 12.2. The van der Waals surface area contributed by atoms with E-state index in [1.54, 1.807) is 0 Å². The molecule has 5 nitrogen and oxygen atoms in total. The average Bonchev–Trinajstić information content (AvgIpc) is 3.06. The number of hydrogen-bond acceptors (Lipinski definition) is 7. The molecule has 0 saturated carbocycles. The van der Waals surface area contributed by atoms with Crippen LogP contribution in [0.3, 0.4) is 0 Å². The first-order chi connectivity index (χ1) is 10.7. The average molecular weight is 335 g/mol. The Labute approximate surface area is 137 Å². The number of aryl methyl sites for hydroxylation is 1. The molecule has 0 amide bonds. The Kier molecular flexibility index (Phi) is 4.63. The highest BCUT2D eigenvalue weighted by atomic mass is 32.2. The van der Waals surface area contributed by atoms with Gasteiger partial charge in [-0.2, -0.15) is 0 Å². The molecule has 2 aromatic rings. The maximum Gasteiger partial charge on any atom is 0.319 e. The summed E-state index contributed by atoms with van der Waals surface area (Å²) in [5.41, 5.74) is 2.28. The van der Waals surface area contributed by atoms with Gasteiger partial charge in [0.1, 0.15) is 11.4 Å². The molecule has 3 rings (SSSR count). The number of cyclic esters (lactones) is 1. The van der Waals surface area contributed by atoms with Gasteiger partial charge in [0, 0.05) is 12.1 Å². The van der Waals surface area contributed by atoms with Gasteiger partial charge in [-0.3, -0.25) is 4.79 Å². The molecule has 116 valence electrons. The van der Waals surface area contributed by atoms with Gasteiger partial charge in [0.2, 0.25) is 5.13 Å². The van der Waals surface area contributed by atoms with Crippen molar-refractivity contribution in [1.29, 1.82) is 0 Å². The Morgan fingerprint density at radius 3 is 2.95 bits per heavy atom. The molecule has 0 unspecified atom stereocenters. The van der Waals surface area contributed by atoms with Crippen molar-refractivity contribution in [1.82, 2.24) is 10.2 Å². The minimum absolute atomic E-state index is 0.00746. The normalized spacial score (nSPS) is 20.9. The Morgan fingerprint density at radius 1 is 1.41 bits per heavy atom. The van der Waals surface area contributed by atoms with E-state index in [4.69, 9.17) is 4.74 Å². The van der Waals surface area contributed by atoms with E-state index in [1.807, 2.05) is 25.1 Å². The van der Waals surface area contributed by atoms with Gasteiger partial charge >= 0.3 is 5.97 Å². The standard InChI is InChI=1S/C15H17N3O2S2/c1-3-10-6-4-5-7-11(10)16-14-17-18-15(22-14)21-12-8-9(2)20-13(12)19/h4-7,9,12H,3,8H2,1-2H3,(H,16,17)/t9-,12+/m1/s1. The summed E-state index contributed by atoms with van der Waals surface area (Å²) in [6.45, 7) is 4.03. The van der Waals surface area contributed by atoms with Crippen molar-refractivity contribution in [3.8, 4) is 0 Å². The number of hydrogen-bond donors (Lipinski definition) is 1. The minimum atomic E-state index is -0.168. The van der Waals surface area contributed by atoms with Crippen LogP contribution in [0.4, 0.5) is 10.8 Å². The van der Waals surface area contributed by atoms with Crippen LogP contribution in [0.15, 0.2) is 28.6 Å². The maximum atomic E-state index is 11.7. The third kappa shape index (κ3) is 3.41. The van der Waals surface area contributed by atoms with Gasteiger partial charge in [-0.25, -0.2) is 0 Å². The molecule has 2 atom stereocenters. The third-order valence-electron chi connectivity index (χ3n) is 3.42. The lowest BCUT2D eigenvalue weighted by molar-refractivity contribution is -0.140. The zero-order valence-electron chi connectivity index (χ0n) is 12.4. The number of aromatic nitrogens is 2. The highest BCUT2D eigenvalue weighted by molar-refractivity contribution is 8.02. The van der Waals surface area contributed by atoms with Crippen molar-refractivity contribution in [2.24, 2.45) is 0 Å². The molecule has 22 heavy (non-hydrogen) atoms. The Balaban J connectivity index is 1.68. The molecule has 1 aliphatic rings. The van der Waals surface area contributed by atoms with E-state index in [0.29, 0.717) is 0 Å². The van der Waals surface area contributed by atoms with Gasteiger partial charge in [0.25, 0.3) is 0 Å². The van der Waals surface area contributed by atoms with Gasteiger partial charge in [-0.05, 0) is 25.0 Å². The Bertz CT molecular complexity index is 674. The zero-order chi connectivity index (χ0) is 15.5. The van der Waals surface area contributed by atoms with Crippen molar-refractivity contribution in [2.75, 3.05) is 5.32 Å². The third-order valence-corrected chi connectivity index (χ3v) is 5.54. The molecule has 1 saturated heterocycles. The van der Waals surface area contributed by atoms with Crippen LogP contribution >= 0.6 is 23.1 Å². The Morgan fingerprint density at radius 2 is 2.23 bits per heavy atom. The van der Waals surface area contributed by atoms with E-state index in [-0.39, 0.29) is 17.3 Å².